The Morgan fingerprint density at radius 1 is 0.818 bits per heavy atom. The van der Waals surface area contributed by atoms with Crippen LogP contribution in [0.5, 0.6) is 0 Å². The van der Waals surface area contributed by atoms with E-state index in [1.807, 2.05) is 13.8 Å². The minimum absolute atomic E-state index is 0.273. The summed E-state index contributed by atoms with van der Waals surface area (Å²) in [7, 11) is 0. The molecule has 0 saturated carbocycles. The highest BCUT2D eigenvalue weighted by Gasteiger charge is 2.12. The maximum Gasteiger partial charge on any atom is 0.317 e. The summed E-state index contributed by atoms with van der Waals surface area (Å²) < 4.78 is 9.95. The van der Waals surface area contributed by atoms with Gasteiger partial charge >= 0.3 is 11.9 Å². The normalized spacial score (nSPS) is 10.7. The van der Waals surface area contributed by atoms with Gasteiger partial charge in [0.15, 0.2) is 0 Å². The summed E-state index contributed by atoms with van der Waals surface area (Å²) in [5.41, 5.74) is 0. The van der Waals surface area contributed by atoms with Gasteiger partial charge in [-0.05, 0) is 18.8 Å². The van der Waals surface area contributed by atoms with Gasteiger partial charge in [-0.2, -0.15) is 0 Å². The number of ether oxygens (including phenoxy) is 2. The Bertz CT molecular complexity index is 292. The first kappa shape index (κ1) is 21.2. The summed E-state index contributed by atoms with van der Waals surface area (Å²) in [6.07, 6.45) is 8.83. The van der Waals surface area contributed by atoms with Crippen molar-refractivity contribution in [1.29, 1.82) is 0 Å². The van der Waals surface area contributed by atoms with Crippen molar-refractivity contribution in [2.45, 2.75) is 71.6 Å². The highest BCUT2D eigenvalue weighted by atomic mass is 35.5. The zero-order valence-electron chi connectivity index (χ0n) is 14.1. The molecule has 0 heterocycles. The summed E-state index contributed by atoms with van der Waals surface area (Å²) in [5, 5.41) is 0. The first-order valence-electron chi connectivity index (χ1n) is 8.43. The maximum absolute atomic E-state index is 11.4. The molecule has 130 valence electrons. The molecule has 22 heavy (non-hydrogen) atoms. The number of rotatable bonds is 14. The number of carbonyl (C=O) groups is 2. The number of esters is 2. The van der Waals surface area contributed by atoms with Crippen LogP contribution in [0.2, 0.25) is 0 Å². The Morgan fingerprint density at radius 3 is 1.86 bits per heavy atom. The number of halogens is 1. The molecular weight excluding hydrogens is 304 g/mol. The van der Waals surface area contributed by atoms with Crippen molar-refractivity contribution in [3.05, 3.63) is 0 Å². The minimum atomic E-state index is -0.504. The summed E-state index contributed by atoms with van der Waals surface area (Å²) >= 11 is 5.62. The Morgan fingerprint density at radius 2 is 1.32 bits per heavy atom. The van der Waals surface area contributed by atoms with Gasteiger partial charge in [-0.3, -0.25) is 9.59 Å². The third-order valence-corrected chi connectivity index (χ3v) is 3.42. The summed E-state index contributed by atoms with van der Waals surface area (Å²) in [6, 6.07) is 0. The van der Waals surface area contributed by atoms with Gasteiger partial charge in [0.25, 0.3) is 0 Å². The third-order valence-electron chi connectivity index (χ3n) is 3.16. The molecule has 0 aromatic carbocycles. The van der Waals surface area contributed by atoms with Crippen molar-refractivity contribution >= 4 is 23.5 Å². The molecule has 0 atom stereocenters. The van der Waals surface area contributed by atoms with E-state index >= 15 is 0 Å². The van der Waals surface area contributed by atoms with Crippen LogP contribution in [0.4, 0.5) is 0 Å². The molecular formula is C17H31ClO4. The van der Waals surface area contributed by atoms with Gasteiger partial charge < -0.3 is 9.47 Å². The van der Waals surface area contributed by atoms with Gasteiger partial charge in [0.2, 0.25) is 0 Å². The average Bonchev–Trinajstić information content (AvgIpc) is 2.47. The second-order valence-corrected chi connectivity index (χ2v) is 6.37. The SMILES string of the molecule is CC(C)COC(=O)CC(=O)OCCCCCCCCCCCl. The van der Waals surface area contributed by atoms with Crippen LogP contribution in [0.15, 0.2) is 0 Å². The van der Waals surface area contributed by atoms with Crippen molar-refractivity contribution in [3.8, 4) is 0 Å². The molecule has 0 amide bonds. The molecule has 0 aliphatic rings. The van der Waals surface area contributed by atoms with E-state index in [0.29, 0.717) is 13.2 Å². The zero-order valence-corrected chi connectivity index (χ0v) is 14.8. The molecule has 0 unspecified atom stereocenters. The van der Waals surface area contributed by atoms with E-state index in [4.69, 9.17) is 21.1 Å². The number of hydrogen-bond acceptors (Lipinski definition) is 4. The number of unbranched alkanes of at least 4 members (excludes halogenated alkanes) is 7. The lowest BCUT2D eigenvalue weighted by Crippen LogP contribution is -2.16. The van der Waals surface area contributed by atoms with Crippen molar-refractivity contribution < 1.29 is 19.1 Å². The van der Waals surface area contributed by atoms with Crippen LogP contribution in [0, 0.1) is 5.92 Å². The summed E-state index contributed by atoms with van der Waals surface area (Å²) in [6.45, 7) is 4.63. The van der Waals surface area contributed by atoms with Crippen LogP contribution >= 0.6 is 11.6 Å². The van der Waals surface area contributed by atoms with E-state index in [1.54, 1.807) is 0 Å². The fourth-order valence-corrected chi connectivity index (χ4v) is 2.11. The second-order valence-electron chi connectivity index (χ2n) is 5.99. The van der Waals surface area contributed by atoms with E-state index in [-0.39, 0.29) is 12.3 Å². The van der Waals surface area contributed by atoms with Gasteiger partial charge in [0, 0.05) is 5.88 Å². The molecule has 0 N–H and O–H groups in total. The van der Waals surface area contributed by atoms with Crippen molar-refractivity contribution in [2.75, 3.05) is 19.1 Å². The zero-order chi connectivity index (χ0) is 16.6. The Balaban J connectivity index is 3.33. The molecule has 0 spiro atoms. The molecule has 0 radical (unpaired) electrons. The summed E-state index contributed by atoms with van der Waals surface area (Å²) in [4.78, 5) is 22.7. The lowest BCUT2D eigenvalue weighted by atomic mass is 10.1. The van der Waals surface area contributed by atoms with Crippen LogP contribution in [0.25, 0.3) is 0 Å². The number of hydrogen-bond donors (Lipinski definition) is 0. The molecule has 0 aliphatic heterocycles. The minimum Gasteiger partial charge on any atom is -0.465 e. The van der Waals surface area contributed by atoms with Crippen molar-refractivity contribution in [3.63, 3.8) is 0 Å². The van der Waals surface area contributed by atoms with E-state index < -0.39 is 11.9 Å². The quantitative estimate of drug-likeness (QED) is 0.203. The van der Waals surface area contributed by atoms with E-state index in [2.05, 4.69) is 0 Å². The average molecular weight is 335 g/mol. The predicted octanol–water partition coefficient (Wildman–Crippen LogP) is 4.48. The fourth-order valence-electron chi connectivity index (χ4n) is 1.92. The molecule has 4 nitrogen and oxygen atoms in total. The third kappa shape index (κ3) is 15.6. The molecule has 0 aliphatic carbocycles. The highest BCUT2D eigenvalue weighted by molar-refractivity contribution is 6.17. The molecule has 0 aromatic heterocycles. The molecule has 0 fully saturated rings. The lowest BCUT2D eigenvalue weighted by molar-refractivity contribution is -0.155. The Labute approximate surface area is 139 Å². The standard InChI is InChI=1S/C17H31ClO4/c1-15(2)14-22-17(20)13-16(19)21-12-10-8-6-4-3-5-7-9-11-18/h15H,3-14H2,1-2H3. The topological polar surface area (TPSA) is 52.6 Å². The monoisotopic (exact) mass is 334 g/mol. The smallest absolute Gasteiger partial charge is 0.317 e. The first-order valence-corrected chi connectivity index (χ1v) is 8.97. The molecule has 0 bridgehead atoms. The van der Waals surface area contributed by atoms with Crippen molar-refractivity contribution in [1.82, 2.24) is 0 Å². The van der Waals surface area contributed by atoms with Gasteiger partial charge in [-0.25, -0.2) is 0 Å². The molecule has 0 saturated heterocycles. The Kier molecular flexibility index (Phi) is 14.6. The number of alkyl halides is 1. The second kappa shape index (κ2) is 15.1. The predicted molar refractivity (Wildman–Crippen MR) is 89.0 cm³/mol. The Hall–Kier alpha value is -0.770. The van der Waals surface area contributed by atoms with Gasteiger partial charge in [0.05, 0.1) is 13.2 Å². The van der Waals surface area contributed by atoms with Crippen LogP contribution in [0.1, 0.15) is 71.6 Å². The highest BCUT2D eigenvalue weighted by Crippen LogP contribution is 2.09. The molecule has 5 heteroatoms. The van der Waals surface area contributed by atoms with Gasteiger partial charge in [-0.1, -0.05) is 52.4 Å². The van der Waals surface area contributed by atoms with E-state index in [0.717, 1.165) is 31.6 Å². The molecule has 0 aromatic rings. The van der Waals surface area contributed by atoms with E-state index in [1.165, 1.54) is 25.7 Å². The fraction of sp³-hybridized carbons (Fsp3) is 0.882. The van der Waals surface area contributed by atoms with Crippen LogP contribution in [-0.4, -0.2) is 31.0 Å². The van der Waals surface area contributed by atoms with Crippen LogP contribution in [-0.2, 0) is 19.1 Å². The number of carbonyl (C=O) groups excluding carboxylic acids is 2. The summed E-state index contributed by atoms with van der Waals surface area (Å²) in [5.74, 6) is 0.0384. The van der Waals surface area contributed by atoms with Gasteiger partial charge in [0.1, 0.15) is 6.42 Å². The lowest BCUT2D eigenvalue weighted by Gasteiger charge is -2.07. The molecule has 0 rings (SSSR count). The van der Waals surface area contributed by atoms with Crippen LogP contribution in [0.3, 0.4) is 0 Å². The van der Waals surface area contributed by atoms with E-state index in [9.17, 15) is 9.59 Å². The van der Waals surface area contributed by atoms with Crippen LogP contribution < -0.4 is 0 Å². The largest absolute Gasteiger partial charge is 0.465 e. The van der Waals surface area contributed by atoms with Gasteiger partial charge in [-0.15, -0.1) is 11.6 Å². The first-order chi connectivity index (χ1) is 10.6. The van der Waals surface area contributed by atoms with Crippen molar-refractivity contribution in [2.24, 2.45) is 5.92 Å². The maximum atomic E-state index is 11.4.